The van der Waals surface area contributed by atoms with E-state index in [1.807, 2.05) is 42.5 Å². The van der Waals surface area contributed by atoms with Gasteiger partial charge in [0.05, 0.1) is 0 Å². The molecule has 7 heteroatoms. The van der Waals surface area contributed by atoms with Crippen molar-refractivity contribution < 1.29 is 24.2 Å². The molecule has 2 N–H and O–H groups in total. The number of hydrogen-bond acceptors (Lipinski definition) is 6. The van der Waals surface area contributed by atoms with Gasteiger partial charge in [0, 0.05) is 31.5 Å². The highest BCUT2D eigenvalue weighted by Crippen LogP contribution is 2.54. The summed E-state index contributed by atoms with van der Waals surface area (Å²) in [6.45, 7) is 4.29. The van der Waals surface area contributed by atoms with Gasteiger partial charge >= 0.3 is 12.1 Å². The number of piperidine rings is 1. The lowest BCUT2D eigenvalue weighted by molar-refractivity contribution is -0.187. The summed E-state index contributed by atoms with van der Waals surface area (Å²) in [5.74, 6) is 0.642. The van der Waals surface area contributed by atoms with Crippen LogP contribution in [0.1, 0.15) is 56.6 Å². The number of alkyl carbamates (subject to hydrolysis) is 1. The van der Waals surface area contributed by atoms with Gasteiger partial charge in [0.15, 0.2) is 0 Å². The molecular formula is C29H36N2O5. The summed E-state index contributed by atoms with van der Waals surface area (Å²) >= 11 is 0. The van der Waals surface area contributed by atoms with Gasteiger partial charge in [0.2, 0.25) is 0 Å². The van der Waals surface area contributed by atoms with E-state index in [1.165, 1.54) is 19.8 Å². The Morgan fingerprint density at radius 1 is 1.08 bits per heavy atom. The Kier molecular flexibility index (Phi) is 6.93. The fourth-order valence-electron chi connectivity index (χ4n) is 6.37. The zero-order valence-corrected chi connectivity index (χ0v) is 20.9. The molecule has 1 heterocycles. The lowest BCUT2D eigenvalue weighted by Gasteiger charge is -2.59. The van der Waals surface area contributed by atoms with Crippen molar-refractivity contribution in [1.29, 1.82) is 0 Å². The third-order valence-electron chi connectivity index (χ3n) is 8.18. The van der Waals surface area contributed by atoms with Crippen LogP contribution in [0.2, 0.25) is 0 Å². The van der Waals surface area contributed by atoms with E-state index < -0.39 is 17.1 Å². The third-order valence-corrected chi connectivity index (χ3v) is 8.18. The summed E-state index contributed by atoms with van der Waals surface area (Å²) in [7, 11) is 0. The van der Waals surface area contributed by atoms with Crippen molar-refractivity contribution in [3.8, 4) is 5.75 Å². The zero-order chi connectivity index (χ0) is 25.2. The van der Waals surface area contributed by atoms with Crippen LogP contribution in [0.5, 0.6) is 5.75 Å². The van der Waals surface area contributed by atoms with Gasteiger partial charge in [-0.05, 0) is 74.2 Å². The van der Waals surface area contributed by atoms with Crippen molar-refractivity contribution in [3.05, 3.63) is 65.7 Å². The molecule has 2 aromatic carbocycles. The van der Waals surface area contributed by atoms with Crippen LogP contribution in [0.25, 0.3) is 0 Å². The second-order valence-corrected chi connectivity index (χ2v) is 10.8. The van der Waals surface area contributed by atoms with Crippen molar-refractivity contribution in [2.75, 3.05) is 19.6 Å². The monoisotopic (exact) mass is 492 g/mol. The van der Waals surface area contributed by atoms with Crippen LogP contribution in [-0.4, -0.2) is 53.3 Å². The van der Waals surface area contributed by atoms with Crippen molar-refractivity contribution in [1.82, 2.24) is 10.2 Å². The summed E-state index contributed by atoms with van der Waals surface area (Å²) in [5.41, 5.74) is 0.655. The number of phenols is 1. The van der Waals surface area contributed by atoms with E-state index in [-0.39, 0.29) is 24.4 Å². The number of carbonyl (C=O) groups is 2. The highest BCUT2D eigenvalue weighted by Gasteiger charge is 2.61. The second kappa shape index (κ2) is 10.1. The van der Waals surface area contributed by atoms with E-state index >= 15 is 0 Å². The Bertz CT molecular complexity index is 1090. The van der Waals surface area contributed by atoms with Crippen LogP contribution in [0.3, 0.4) is 0 Å². The molecule has 3 unspecified atom stereocenters. The number of ether oxygens (including phenoxy) is 2. The van der Waals surface area contributed by atoms with Crippen molar-refractivity contribution in [2.45, 2.75) is 69.1 Å². The van der Waals surface area contributed by atoms with E-state index in [2.05, 4.69) is 10.2 Å². The first-order chi connectivity index (χ1) is 17.4. The van der Waals surface area contributed by atoms with Gasteiger partial charge in [-0.2, -0.15) is 0 Å². The number of esters is 1. The van der Waals surface area contributed by atoms with Crippen LogP contribution >= 0.6 is 0 Å². The van der Waals surface area contributed by atoms with E-state index in [0.29, 0.717) is 25.8 Å². The highest BCUT2D eigenvalue weighted by atomic mass is 16.6. The molecule has 0 radical (unpaired) electrons. The number of rotatable bonds is 7. The number of fused-ring (bicyclic) bond motifs is 1. The summed E-state index contributed by atoms with van der Waals surface area (Å²) in [4.78, 5) is 27.6. The number of carbonyl (C=O) groups excluding carboxylic acids is 2. The molecule has 3 fully saturated rings. The number of hydrogen-bond donors (Lipinski definition) is 2. The van der Waals surface area contributed by atoms with Gasteiger partial charge in [0.1, 0.15) is 18.0 Å². The Morgan fingerprint density at radius 2 is 1.89 bits per heavy atom. The van der Waals surface area contributed by atoms with Crippen molar-refractivity contribution in [3.63, 3.8) is 0 Å². The number of amides is 1. The molecule has 0 bridgehead atoms. The first-order valence-electron chi connectivity index (χ1n) is 13.1. The molecule has 2 saturated carbocycles. The number of nitrogens with zero attached hydrogens (tertiary/aromatic N) is 1. The molecular weight excluding hydrogens is 456 g/mol. The maximum absolute atomic E-state index is 12.7. The van der Waals surface area contributed by atoms with Gasteiger partial charge in [0.25, 0.3) is 0 Å². The third kappa shape index (κ3) is 5.21. The molecule has 36 heavy (non-hydrogen) atoms. The maximum Gasteiger partial charge on any atom is 0.407 e. The number of benzene rings is 2. The summed E-state index contributed by atoms with van der Waals surface area (Å²) in [6, 6.07) is 16.8. The predicted molar refractivity (Wildman–Crippen MR) is 135 cm³/mol. The van der Waals surface area contributed by atoms with Gasteiger partial charge in [-0.15, -0.1) is 0 Å². The molecule has 3 atom stereocenters. The van der Waals surface area contributed by atoms with E-state index in [4.69, 9.17) is 9.47 Å². The fourth-order valence-corrected chi connectivity index (χ4v) is 6.37. The molecule has 7 nitrogen and oxygen atoms in total. The lowest BCUT2D eigenvalue weighted by Crippen LogP contribution is -2.68. The predicted octanol–water partition coefficient (Wildman–Crippen LogP) is 4.53. The standard InChI is InChI=1S/C29H36N2O5/c1-21(32)36-29-13-12-25(30-27(34)35-19-23-6-3-2-4-7-23)17-28(29,24-8-5-9-26(33)16-24)14-15-31(20-29)18-22-10-11-22/h2-9,16,22,25,33H,10-15,17-20H2,1H3,(H,30,34). The number of phenolic OH excluding ortho intramolecular Hbond substituents is 1. The summed E-state index contributed by atoms with van der Waals surface area (Å²) < 4.78 is 11.8. The van der Waals surface area contributed by atoms with Gasteiger partial charge in [-0.1, -0.05) is 42.5 Å². The van der Waals surface area contributed by atoms with Gasteiger partial charge < -0.3 is 19.9 Å². The van der Waals surface area contributed by atoms with E-state index in [0.717, 1.165) is 36.6 Å². The smallest absolute Gasteiger partial charge is 0.407 e. The second-order valence-electron chi connectivity index (χ2n) is 10.8. The molecule has 2 aliphatic carbocycles. The van der Waals surface area contributed by atoms with Crippen LogP contribution in [0, 0.1) is 5.92 Å². The van der Waals surface area contributed by atoms with Crippen molar-refractivity contribution >= 4 is 12.1 Å². The molecule has 1 amide bonds. The van der Waals surface area contributed by atoms with Crippen LogP contribution in [0.15, 0.2) is 54.6 Å². The SMILES string of the molecule is CC(=O)OC12CCC(NC(=O)OCc3ccccc3)CC1(c1cccc(O)c1)CCN(CC1CC1)C2. The van der Waals surface area contributed by atoms with Crippen LogP contribution < -0.4 is 5.32 Å². The Hall–Kier alpha value is -3.06. The zero-order valence-electron chi connectivity index (χ0n) is 20.9. The van der Waals surface area contributed by atoms with E-state index in [1.54, 1.807) is 12.1 Å². The Labute approximate surface area is 212 Å². The average molecular weight is 493 g/mol. The van der Waals surface area contributed by atoms with Crippen LogP contribution in [0.4, 0.5) is 4.79 Å². The maximum atomic E-state index is 12.7. The molecule has 1 saturated heterocycles. The number of nitrogens with one attached hydrogen (secondary N) is 1. The largest absolute Gasteiger partial charge is 0.508 e. The molecule has 0 spiro atoms. The summed E-state index contributed by atoms with van der Waals surface area (Å²) in [6.07, 6.45) is 4.81. The minimum absolute atomic E-state index is 0.130. The molecule has 5 rings (SSSR count). The number of likely N-dealkylation sites (tertiary alicyclic amines) is 1. The molecule has 0 aromatic heterocycles. The Balaban J connectivity index is 1.39. The fraction of sp³-hybridized carbons (Fsp3) is 0.517. The lowest BCUT2D eigenvalue weighted by atomic mass is 9.55. The minimum Gasteiger partial charge on any atom is -0.508 e. The molecule has 2 aromatic rings. The molecule has 1 aliphatic heterocycles. The summed E-state index contributed by atoms with van der Waals surface area (Å²) in [5, 5.41) is 13.4. The molecule has 3 aliphatic rings. The Morgan fingerprint density at radius 3 is 2.61 bits per heavy atom. The average Bonchev–Trinajstić information content (AvgIpc) is 3.67. The first kappa shape index (κ1) is 24.6. The topological polar surface area (TPSA) is 88.1 Å². The van der Waals surface area contributed by atoms with Crippen molar-refractivity contribution in [2.24, 2.45) is 5.92 Å². The number of aromatic hydroxyl groups is 1. The van der Waals surface area contributed by atoms with Gasteiger partial charge in [-0.25, -0.2) is 4.79 Å². The van der Waals surface area contributed by atoms with Crippen LogP contribution in [-0.2, 0) is 26.3 Å². The quantitative estimate of drug-likeness (QED) is 0.553. The van der Waals surface area contributed by atoms with E-state index in [9.17, 15) is 14.7 Å². The molecule has 192 valence electrons. The normalized spacial score (nSPS) is 28.1. The first-order valence-corrected chi connectivity index (χ1v) is 13.1. The van der Waals surface area contributed by atoms with Gasteiger partial charge in [-0.3, -0.25) is 9.69 Å². The minimum atomic E-state index is -0.716. The highest BCUT2D eigenvalue weighted by molar-refractivity contribution is 5.68.